The minimum atomic E-state index is -0.538. The quantitative estimate of drug-likeness (QED) is 0.168. The average Bonchev–Trinajstić information content (AvgIpc) is 3.56. The van der Waals surface area contributed by atoms with Gasteiger partial charge in [0.2, 0.25) is 0 Å². The van der Waals surface area contributed by atoms with Gasteiger partial charge in [0, 0.05) is 28.3 Å². The van der Waals surface area contributed by atoms with Gasteiger partial charge < -0.3 is 4.42 Å². The first-order valence-electron chi connectivity index (χ1n) is 12.8. The number of hydrogen-bond donors (Lipinski definition) is 0. The maximum Gasteiger partial charge on any atom is 0.288 e. The molecule has 3 aromatic carbocycles. The summed E-state index contributed by atoms with van der Waals surface area (Å²) in [6, 6.07) is 23.4. The maximum absolute atomic E-state index is 14.0. The van der Waals surface area contributed by atoms with Crippen molar-refractivity contribution in [2.75, 3.05) is 0 Å². The molecule has 0 fully saturated rings. The van der Waals surface area contributed by atoms with Crippen molar-refractivity contribution in [3.05, 3.63) is 147 Å². The van der Waals surface area contributed by atoms with Crippen molar-refractivity contribution in [1.29, 1.82) is 0 Å². The number of aryl methyl sites for hydroxylation is 1. The third-order valence-corrected chi connectivity index (χ3v) is 9.05. The molecular weight excluding hydrogens is 581 g/mol. The van der Waals surface area contributed by atoms with E-state index >= 15 is 0 Å². The van der Waals surface area contributed by atoms with Crippen LogP contribution in [0.4, 0.5) is 5.69 Å². The molecule has 0 saturated carbocycles. The Morgan fingerprint density at radius 1 is 1.00 bits per heavy atom. The van der Waals surface area contributed by atoms with Crippen LogP contribution in [0.25, 0.3) is 23.1 Å². The van der Waals surface area contributed by atoms with E-state index in [9.17, 15) is 14.9 Å². The van der Waals surface area contributed by atoms with E-state index in [0.29, 0.717) is 31.4 Å². The zero-order chi connectivity index (χ0) is 28.2. The molecule has 10 heteroatoms. The van der Waals surface area contributed by atoms with E-state index in [-0.39, 0.29) is 22.3 Å². The topological polar surface area (TPSA) is 90.6 Å². The summed E-state index contributed by atoms with van der Waals surface area (Å²) in [4.78, 5) is 30.3. The van der Waals surface area contributed by atoms with Gasteiger partial charge in [-0.15, -0.1) is 0 Å². The fourth-order valence-electron chi connectivity index (χ4n) is 5.52. The molecule has 1 atom stereocenters. The second kappa shape index (κ2) is 9.99. The molecule has 41 heavy (non-hydrogen) atoms. The smallest absolute Gasteiger partial charge is 0.288 e. The van der Waals surface area contributed by atoms with Crippen molar-refractivity contribution < 1.29 is 9.34 Å². The van der Waals surface area contributed by atoms with Crippen molar-refractivity contribution in [2.45, 2.75) is 18.9 Å². The van der Waals surface area contributed by atoms with Gasteiger partial charge in [-0.3, -0.25) is 19.5 Å². The van der Waals surface area contributed by atoms with Crippen molar-refractivity contribution in [2.24, 2.45) is 4.99 Å². The van der Waals surface area contributed by atoms with E-state index in [1.54, 1.807) is 28.8 Å². The molecular formula is C31H19Cl2N3O4S. The van der Waals surface area contributed by atoms with Gasteiger partial charge in [0.15, 0.2) is 4.80 Å². The molecule has 2 aliphatic rings. The highest BCUT2D eigenvalue weighted by Gasteiger charge is 2.33. The molecule has 0 radical (unpaired) electrons. The van der Waals surface area contributed by atoms with E-state index in [1.165, 1.54) is 29.0 Å². The summed E-state index contributed by atoms with van der Waals surface area (Å²) in [7, 11) is 0. The van der Waals surface area contributed by atoms with Crippen LogP contribution in [0.2, 0.25) is 10.0 Å². The number of furan rings is 1. The normalized spacial score (nSPS) is 16.1. The summed E-state index contributed by atoms with van der Waals surface area (Å²) in [6.45, 7) is 0. The average molecular weight is 600 g/mol. The molecule has 7 nitrogen and oxygen atoms in total. The number of fused-ring (bicyclic) bond motifs is 3. The van der Waals surface area contributed by atoms with Gasteiger partial charge in [0.25, 0.3) is 11.2 Å². The number of rotatable bonds is 4. The third kappa shape index (κ3) is 4.35. The molecule has 7 rings (SSSR count). The second-order valence-electron chi connectivity index (χ2n) is 9.76. The number of aromatic nitrogens is 1. The number of hydrogen-bond acceptors (Lipinski definition) is 6. The van der Waals surface area contributed by atoms with Crippen LogP contribution in [-0.4, -0.2) is 9.49 Å². The third-order valence-electron chi connectivity index (χ3n) is 7.40. The Morgan fingerprint density at radius 2 is 1.80 bits per heavy atom. The first-order chi connectivity index (χ1) is 19.9. The Kier molecular flexibility index (Phi) is 6.27. The van der Waals surface area contributed by atoms with E-state index in [1.807, 2.05) is 36.4 Å². The molecule has 202 valence electrons. The maximum atomic E-state index is 14.0. The predicted molar refractivity (Wildman–Crippen MR) is 160 cm³/mol. The van der Waals surface area contributed by atoms with Crippen LogP contribution >= 0.6 is 34.5 Å². The van der Waals surface area contributed by atoms with Gasteiger partial charge in [-0.1, -0.05) is 77.0 Å². The standard InChI is InChI=1S/C31H19Cl2N3O4S/c32-23-8-4-3-7-21(23)29-22-12-9-17-5-1-2-6-20(17)28(22)34-31-35(29)30(37)27(41-31)16-19-11-14-26(40-19)18-10-13-24(33)25(15-18)36(38)39/h1-8,10-11,13-16,29H,9,12H2/b27-16-. The lowest BCUT2D eigenvalue weighted by Crippen LogP contribution is -2.38. The van der Waals surface area contributed by atoms with Crippen LogP contribution in [0.5, 0.6) is 0 Å². The highest BCUT2D eigenvalue weighted by molar-refractivity contribution is 7.07. The van der Waals surface area contributed by atoms with Crippen molar-refractivity contribution >= 4 is 52.0 Å². The van der Waals surface area contributed by atoms with Crippen molar-refractivity contribution in [1.82, 2.24) is 4.57 Å². The fraction of sp³-hybridized carbons (Fsp3) is 0.0968. The number of halogens is 2. The number of benzene rings is 3. The van der Waals surface area contributed by atoms with E-state index < -0.39 is 4.92 Å². The molecule has 1 aliphatic heterocycles. The minimum absolute atomic E-state index is 0.0463. The Bertz CT molecular complexity index is 2110. The zero-order valence-corrected chi connectivity index (χ0v) is 23.5. The number of nitro benzene ring substituents is 1. The van der Waals surface area contributed by atoms with Crippen molar-refractivity contribution in [3.8, 4) is 11.3 Å². The second-order valence-corrected chi connectivity index (χ2v) is 11.6. The predicted octanol–water partition coefficient (Wildman–Crippen LogP) is 6.79. The van der Waals surface area contributed by atoms with Crippen LogP contribution < -0.4 is 14.9 Å². The minimum Gasteiger partial charge on any atom is -0.457 e. The van der Waals surface area contributed by atoms with Gasteiger partial charge in [-0.05, 0) is 59.9 Å². The lowest BCUT2D eigenvalue weighted by molar-refractivity contribution is -0.384. The van der Waals surface area contributed by atoms with E-state index in [2.05, 4.69) is 12.1 Å². The molecule has 0 spiro atoms. The fourth-order valence-corrected chi connectivity index (χ4v) is 6.92. The van der Waals surface area contributed by atoms with E-state index in [4.69, 9.17) is 32.6 Å². The first-order valence-corrected chi connectivity index (χ1v) is 14.4. The number of nitro groups is 1. The molecule has 5 aromatic rings. The lowest BCUT2D eigenvalue weighted by atomic mass is 9.83. The van der Waals surface area contributed by atoms with Crippen LogP contribution in [0.15, 0.2) is 98.6 Å². The van der Waals surface area contributed by atoms with Gasteiger partial charge >= 0.3 is 0 Å². The summed E-state index contributed by atoms with van der Waals surface area (Å²) in [5, 5.41) is 12.0. The van der Waals surface area contributed by atoms with Crippen LogP contribution in [0, 0.1) is 10.1 Å². The Labute approximate surface area is 247 Å². The molecule has 0 saturated heterocycles. The lowest BCUT2D eigenvalue weighted by Gasteiger charge is -2.31. The number of allylic oxidation sites excluding steroid dienone is 1. The van der Waals surface area contributed by atoms with Crippen molar-refractivity contribution in [3.63, 3.8) is 0 Å². The summed E-state index contributed by atoms with van der Waals surface area (Å²) in [6.07, 6.45) is 3.30. The molecule has 1 aliphatic carbocycles. The Balaban J connectivity index is 1.38. The Hall–Kier alpha value is -4.24. The summed E-state index contributed by atoms with van der Waals surface area (Å²) < 4.78 is 8.17. The summed E-state index contributed by atoms with van der Waals surface area (Å²) in [5.74, 6) is 0.857. The molecule has 0 bridgehead atoms. The molecule has 0 N–H and O–H groups in total. The zero-order valence-electron chi connectivity index (χ0n) is 21.2. The van der Waals surface area contributed by atoms with Crippen LogP contribution in [0.3, 0.4) is 0 Å². The van der Waals surface area contributed by atoms with Gasteiger partial charge in [-0.25, -0.2) is 4.99 Å². The highest BCUT2D eigenvalue weighted by Crippen LogP contribution is 2.42. The van der Waals surface area contributed by atoms with Crippen LogP contribution in [-0.2, 0) is 6.42 Å². The number of nitrogens with zero attached hydrogens (tertiary/aromatic N) is 3. The summed E-state index contributed by atoms with van der Waals surface area (Å²) in [5.41, 5.74) is 5.24. The van der Waals surface area contributed by atoms with Gasteiger partial charge in [0.1, 0.15) is 16.5 Å². The molecule has 1 unspecified atom stereocenters. The Morgan fingerprint density at radius 3 is 2.63 bits per heavy atom. The van der Waals surface area contributed by atoms with Crippen LogP contribution in [0.1, 0.15) is 34.9 Å². The monoisotopic (exact) mass is 599 g/mol. The largest absolute Gasteiger partial charge is 0.457 e. The molecule has 2 aromatic heterocycles. The first kappa shape index (κ1) is 25.7. The van der Waals surface area contributed by atoms with Gasteiger partial charge in [-0.2, -0.15) is 0 Å². The molecule has 0 amide bonds. The summed E-state index contributed by atoms with van der Waals surface area (Å²) >= 11 is 14.0. The SMILES string of the molecule is O=c1/c(=C/c2ccc(-c3ccc(Cl)c([N+](=O)[O-])c3)o2)sc2n1C(c1ccccc1Cl)C1=C(N=2)c2ccccc2CC1. The van der Waals surface area contributed by atoms with Gasteiger partial charge in [0.05, 0.1) is 21.2 Å². The van der Waals surface area contributed by atoms with E-state index in [0.717, 1.165) is 35.2 Å². The number of thiazole rings is 1. The highest BCUT2D eigenvalue weighted by atomic mass is 35.5. The molecule has 3 heterocycles.